The van der Waals surface area contributed by atoms with Gasteiger partial charge in [-0.05, 0) is 33.0 Å². The van der Waals surface area contributed by atoms with E-state index in [1.807, 2.05) is 12.1 Å². The highest BCUT2D eigenvalue weighted by molar-refractivity contribution is 5.48. The van der Waals surface area contributed by atoms with E-state index in [0.717, 1.165) is 24.5 Å². The van der Waals surface area contributed by atoms with Gasteiger partial charge in [0.2, 0.25) is 0 Å². The van der Waals surface area contributed by atoms with Crippen molar-refractivity contribution in [2.24, 2.45) is 0 Å². The first-order valence-electron chi connectivity index (χ1n) is 6.18. The number of pyridine rings is 1. The maximum atomic E-state index is 9.37. The van der Waals surface area contributed by atoms with Crippen molar-refractivity contribution in [3.8, 4) is 0 Å². The number of aliphatic hydroxyl groups is 1. The van der Waals surface area contributed by atoms with Crippen LogP contribution >= 0.6 is 0 Å². The first kappa shape index (κ1) is 12.3. The number of likely N-dealkylation sites (N-methyl/N-ethyl adjacent to an activating group) is 1. The molecule has 0 saturated carbocycles. The van der Waals surface area contributed by atoms with Gasteiger partial charge in [-0.3, -0.25) is 0 Å². The average molecular weight is 235 g/mol. The Hall–Kier alpha value is -1.13. The molecule has 94 valence electrons. The highest BCUT2D eigenvalue weighted by atomic mass is 16.3. The molecule has 1 aliphatic heterocycles. The highest BCUT2D eigenvalue weighted by Crippen LogP contribution is 2.26. The van der Waals surface area contributed by atoms with Crippen LogP contribution in [0, 0.1) is 0 Å². The van der Waals surface area contributed by atoms with E-state index in [1.165, 1.54) is 12.8 Å². The van der Waals surface area contributed by atoms with Gasteiger partial charge in [-0.2, -0.15) is 0 Å². The summed E-state index contributed by atoms with van der Waals surface area (Å²) in [5.41, 5.74) is 0.929. The van der Waals surface area contributed by atoms with Crippen LogP contribution in [0.5, 0.6) is 0 Å². The van der Waals surface area contributed by atoms with Crippen molar-refractivity contribution in [3.05, 3.63) is 23.9 Å². The average Bonchev–Trinajstić information content (AvgIpc) is 2.76. The largest absolute Gasteiger partial charge is 0.392 e. The lowest BCUT2D eigenvalue weighted by Gasteiger charge is -2.29. The Kier molecular flexibility index (Phi) is 3.97. The molecule has 1 aromatic heterocycles. The molecule has 1 aromatic rings. The fraction of sp³-hybridized carbons (Fsp3) is 0.615. The van der Waals surface area contributed by atoms with E-state index < -0.39 is 0 Å². The van der Waals surface area contributed by atoms with Crippen LogP contribution in [0.25, 0.3) is 0 Å². The number of aliphatic hydroxyl groups excluding tert-OH is 1. The van der Waals surface area contributed by atoms with Crippen molar-refractivity contribution in [1.82, 2.24) is 9.88 Å². The van der Waals surface area contributed by atoms with Gasteiger partial charge in [-0.25, -0.2) is 4.98 Å². The Morgan fingerprint density at radius 1 is 1.53 bits per heavy atom. The lowest BCUT2D eigenvalue weighted by molar-refractivity contribution is 0.281. The van der Waals surface area contributed by atoms with Gasteiger partial charge in [0.15, 0.2) is 0 Å². The zero-order chi connectivity index (χ0) is 12.3. The summed E-state index contributed by atoms with van der Waals surface area (Å²) in [5, 5.41) is 9.37. The molecule has 0 bridgehead atoms. The van der Waals surface area contributed by atoms with Crippen LogP contribution in [0.2, 0.25) is 0 Å². The summed E-state index contributed by atoms with van der Waals surface area (Å²) in [6.45, 7) is 2.15. The molecule has 1 saturated heterocycles. The lowest BCUT2D eigenvalue weighted by atomic mass is 10.2. The number of hydrogen-bond acceptors (Lipinski definition) is 4. The SMILES string of the molecule is CN(C)CC1CCCN1c1ncccc1CO. The minimum Gasteiger partial charge on any atom is -0.392 e. The minimum atomic E-state index is 0.0638. The third kappa shape index (κ3) is 2.76. The highest BCUT2D eigenvalue weighted by Gasteiger charge is 2.27. The molecule has 1 aliphatic rings. The Balaban J connectivity index is 2.19. The Bertz CT molecular complexity index is 367. The van der Waals surface area contributed by atoms with Crippen LogP contribution < -0.4 is 4.90 Å². The standard InChI is InChI=1S/C13H21N3O/c1-15(2)9-12-6-4-8-16(12)13-11(10-17)5-3-7-14-13/h3,5,7,12,17H,4,6,8-10H2,1-2H3. The monoisotopic (exact) mass is 235 g/mol. The van der Waals surface area contributed by atoms with Gasteiger partial charge in [-0.1, -0.05) is 6.07 Å². The van der Waals surface area contributed by atoms with Crippen molar-refractivity contribution in [2.45, 2.75) is 25.5 Å². The van der Waals surface area contributed by atoms with Crippen molar-refractivity contribution >= 4 is 5.82 Å². The quantitative estimate of drug-likeness (QED) is 0.848. The molecule has 0 amide bonds. The van der Waals surface area contributed by atoms with Crippen LogP contribution in [0.4, 0.5) is 5.82 Å². The molecule has 0 aliphatic carbocycles. The van der Waals surface area contributed by atoms with E-state index in [4.69, 9.17) is 0 Å². The number of rotatable bonds is 4. The van der Waals surface area contributed by atoms with Gasteiger partial charge < -0.3 is 14.9 Å². The summed E-state index contributed by atoms with van der Waals surface area (Å²) < 4.78 is 0. The molecule has 2 rings (SSSR count). The molecule has 4 heteroatoms. The zero-order valence-corrected chi connectivity index (χ0v) is 10.6. The predicted molar refractivity (Wildman–Crippen MR) is 69.1 cm³/mol. The third-order valence-corrected chi connectivity index (χ3v) is 3.26. The number of aromatic nitrogens is 1. The first-order chi connectivity index (χ1) is 8.22. The Labute approximate surface area is 103 Å². The Morgan fingerprint density at radius 3 is 3.06 bits per heavy atom. The molecule has 0 spiro atoms. The summed E-state index contributed by atoms with van der Waals surface area (Å²) in [7, 11) is 4.20. The molecular formula is C13H21N3O. The number of hydrogen-bond donors (Lipinski definition) is 1. The zero-order valence-electron chi connectivity index (χ0n) is 10.6. The first-order valence-corrected chi connectivity index (χ1v) is 6.18. The normalized spacial score (nSPS) is 20.2. The van der Waals surface area contributed by atoms with Crippen LogP contribution in [0.1, 0.15) is 18.4 Å². The molecule has 2 heterocycles. The molecule has 4 nitrogen and oxygen atoms in total. The predicted octanol–water partition coefficient (Wildman–Crippen LogP) is 1.10. The molecule has 1 fully saturated rings. The molecule has 17 heavy (non-hydrogen) atoms. The molecule has 0 radical (unpaired) electrons. The Morgan fingerprint density at radius 2 is 2.35 bits per heavy atom. The molecule has 0 aromatic carbocycles. The fourth-order valence-electron chi connectivity index (χ4n) is 2.54. The topological polar surface area (TPSA) is 39.6 Å². The maximum absolute atomic E-state index is 9.37. The lowest BCUT2D eigenvalue weighted by Crippen LogP contribution is -2.38. The summed E-state index contributed by atoms with van der Waals surface area (Å²) in [6.07, 6.45) is 4.22. The van der Waals surface area contributed by atoms with Gasteiger partial charge >= 0.3 is 0 Å². The third-order valence-electron chi connectivity index (χ3n) is 3.26. The van der Waals surface area contributed by atoms with E-state index in [-0.39, 0.29) is 6.61 Å². The van der Waals surface area contributed by atoms with Crippen molar-refractivity contribution in [2.75, 3.05) is 32.1 Å². The smallest absolute Gasteiger partial charge is 0.134 e. The van der Waals surface area contributed by atoms with Crippen LogP contribution in [-0.4, -0.2) is 48.2 Å². The molecular weight excluding hydrogens is 214 g/mol. The van der Waals surface area contributed by atoms with E-state index in [9.17, 15) is 5.11 Å². The van der Waals surface area contributed by atoms with Gasteiger partial charge in [-0.15, -0.1) is 0 Å². The second kappa shape index (κ2) is 5.47. The number of anilines is 1. The van der Waals surface area contributed by atoms with Crippen molar-refractivity contribution in [1.29, 1.82) is 0 Å². The summed E-state index contributed by atoms with van der Waals surface area (Å²) in [6, 6.07) is 4.35. The summed E-state index contributed by atoms with van der Waals surface area (Å²) in [4.78, 5) is 8.99. The van der Waals surface area contributed by atoms with E-state index in [1.54, 1.807) is 6.20 Å². The minimum absolute atomic E-state index is 0.0638. The van der Waals surface area contributed by atoms with Crippen molar-refractivity contribution < 1.29 is 5.11 Å². The van der Waals surface area contributed by atoms with Crippen LogP contribution in [-0.2, 0) is 6.61 Å². The van der Waals surface area contributed by atoms with Crippen LogP contribution in [0.3, 0.4) is 0 Å². The van der Waals surface area contributed by atoms with Crippen LogP contribution in [0.15, 0.2) is 18.3 Å². The molecule has 1 atom stereocenters. The van der Waals surface area contributed by atoms with E-state index in [0.29, 0.717) is 6.04 Å². The molecule has 1 unspecified atom stereocenters. The van der Waals surface area contributed by atoms with Gasteiger partial charge in [0, 0.05) is 30.9 Å². The van der Waals surface area contributed by atoms with E-state index >= 15 is 0 Å². The second-order valence-electron chi connectivity index (χ2n) is 4.90. The van der Waals surface area contributed by atoms with Gasteiger partial charge in [0.1, 0.15) is 5.82 Å². The summed E-state index contributed by atoms with van der Waals surface area (Å²) in [5.74, 6) is 0.958. The van der Waals surface area contributed by atoms with Crippen molar-refractivity contribution in [3.63, 3.8) is 0 Å². The summed E-state index contributed by atoms with van der Waals surface area (Å²) >= 11 is 0. The second-order valence-corrected chi connectivity index (χ2v) is 4.90. The molecule has 1 N–H and O–H groups in total. The van der Waals surface area contributed by atoms with Gasteiger partial charge in [0.05, 0.1) is 6.61 Å². The van der Waals surface area contributed by atoms with Gasteiger partial charge in [0.25, 0.3) is 0 Å². The number of nitrogens with zero attached hydrogens (tertiary/aromatic N) is 3. The maximum Gasteiger partial charge on any atom is 0.134 e. The fourth-order valence-corrected chi connectivity index (χ4v) is 2.54. The van der Waals surface area contributed by atoms with E-state index in [2.05, 4.69) is 28.9 Å².